The van der Waals surface area contributed by atoms with Crippen LogP contribution in [0.25, 0.3) is 0 Å². The number of carbonyl (C=O) groups is 9. The van der Waals surface area contributed by atoms with E-state index in [1.165, 1.54) is 0 Å². The molecule has 3 aromatic rings. The van der Waals surface area contributed by atoms with Crippen molar-refractivity contribution in [3.05, 3.63) is 108 Å². The molecule has 4 aliphatic heterocycles. The number of ketones is 3. The summed E-state index contributed by atoms with van der Waals surface area (Å²) in [5.74, 6) is 8.90. The first-order valence-corrected chi connectivity index (χ1v) is 31.8. The van der Waals surface area contributed by atoms with E-state index in [-0.39, 0.29) is 109 Å². The van der Waals surface area contributed by atoms with Crippen molar-refractivity contribution in [2.45, 2.75) is 203 Å². The maximum atomic E-state index is 14.7. The van der Waals surface area contributed by atoms with Gasteiger partial charge in [0.05, 0.1) is 18.1 Å². The van der Waals surface area contributed by atoms with Crippen molar-refractivity contribution in [2.75, 3.05) is 27.2 Å². The van der Waals surface area contributed by atoms with Gasteiger partial charge in [-0.25, -0.2) is 0 Å². The molecule has 0 unspecified atom stereocenters. The predicted molar refractivity (Wildman–Crippen MR) is 334 cm³/mol. The van der Waals surface area contributed by atoms with Gasteiger partial charge in [-0.2, -0.15) is 0 Å². The number of nitrogens with zero attached hydrogens (tertiary/aromatic N) is 2. The van der Waals surface area contributed by atoms with Gasteiger partial charge in [0, 0.05) is 82.6 Å². The summed E-state index contributed by atoms with van der Waals surface area (Å²) in [5.41, 5.74) is 2.77. The quantitative estimate of drug-likeness (QED) is 0.0302. The van der Waals surface area contributed by atoms with E-state index in [1.54, 1.807) is 48.2 Å². The lowest BCUT2D eigenvalue weighted by Gasteiger charge is -2.33. The lowest BCUT2D eigenvalue weighted by atomic mass is 9.87. The van der Waals surface area contributed by atoms with Crippen LogP contribution in [0.3, 0.4) is 0 Å². The zero-order chi connectivity index (χ0) is 62.1. The fourth-order valence-corrected chi connectivity index (χ4v) is 13.0. The second kappa shape index (κ2) is 34.7. The number of amides is 6. The predicted octanol–water partition coefficient (Wildman–Crippen LogP) is 5.72. The number of aryl methyl sites for hydroxylation is 1. The molecule has 18 nitrogen and oxygen atoms in total. The maximum absolute atomic E-state index is 14.7. The van der Waals surface area contributed by atoms with Crippen LogP contribution in [-0.4, -0.2) is 138 Å². The summed E-state index contributed by atoms with van der Waals surface area (Å²) in [7, 11) is 3.42. The third kappa shape index (κ3) is 19.2. The van der Waals surface area contributed by atoms with Gasteiger partial charge in [0.25, 0.3) is 0 Å². The summed E-state index contributed by atoms with van der Waals surface area (Å²) in [6.45, 7) is 5.12. The molecule has 18 heteroatoms. The molecule has 0 aromatic heterocycles. The maximum Gasteiger partial charge on any atom is 0.246 e. The number of Topliss-reactive ketones (excluding diaryl/α,β-unsaturated/α-hetero) is 3. The molecule has 7 N–H and O–H groups in total. The van der Waals surface area contributed by atoms with Crippen LogP contribution in [0.2, 0.25) is 0 Å². The van der Waals surface area contributed by atoms with Crippen molar-refractivity contribution < 1.29 is 43.2 Å². The Balaban J connectivity index is 0.844. The van der Waals surface area contributed by atoms with Crippen LogP contribution in [0.1, 0.15) is 159 Å². The van der Waals surface area contributed by atoms with Gasteiger partial charge >= 0.3 is 0 Å². The van der Waals surface area contributed by atoms with Gasteiger partial charge in [-0.3, -0.25) is 43.2 Å². The van der Waals surface area contributed by atoms with Crippen LogP contribution >= 0.6 is 0 Å². The van der Waals surface area contributed by atoms with Crippen LogP contribution in [0, 0.1) is 35.5 Å². The molecule has 4 heterocycles. The number of hydrogen-bond donors (Lipinski definition) is 7. The lowest BCUT2D eigenvalue weighted by molar-refractivity contribution is -0.144. The third-order valence-corrected chi connectivity index (χ3v) is 17.9. The summed E-state index contributed by atoms with van der Waals surface area (Å²) >= 11 is 0. The summed E-state index contributed by atoms with van der Waals surface area (Å²) < 4.78 is 0. The van der Waals surface area contributed by atoms with Crippen LogP contribution in [0.4, 0.5) is 0 Å². The number of benzene rings is 3. The normalized spacial score (nSPS) is 22.5. The zero-order valence-electron chi connectivity index (χ0n) is 51.3. The van der Waals surface area contributed by atoms with Gasteiger partial charge in [0.1, 0.15) is 30.0 Å². The molecular weight excluding hydrogens is 1100 g/mol. The first-order valence-electron chi connectivity index (χ1n) is 31.8. The molecule has 4 fully saturated rings. The molecule has 0 spiro atoms. The largest absolute Gasteiger partial charge is 0.356 e. The third-order valence-electron chi connectivity index (χ3n) is 17.9. The molecule has 466 valence electrons. The van der Waals surface area contributed by atoms with Crippen LogP contribution in [0.5, 0.6) is 0 Å². The van der Waals surface area contributed by atoms with Crippen molar-refractivity contribution in [3.63, 3.8) is 0 Å². The highest BCUT2D eigenvalue weighted by Crippen LogP contribution is 2.37. The van der Waals surface area contributed by atoms with Gasteiger partial charge in [-0.1, -0.05) is 117 Å². The van der Waals surface area contributed by atoms with Crippen LogP contribution in [0.15, 0.2) is 91.0 Å². The molecule has 0 saturated carbocycles. The van der Waals surface area contributed by atoms with E-state index in [0.29, 0.717) is 109 Å². The zero-order valence-corrected chi connectivity index (χ0v) is 51.3. The molecule has 3 aromatic carbocycles. The SMILES string of the molecule is CC[C@H](NC)C(=O)N[C@@H]1C(=O)N2[C@@H](CC[C@@H]1CCC(=O)CCC#CC#CCCC(=O)NCCCC(=O)[C@@H](NC(=O)[C@@H]1CC[C@@H]3CC[C@H](CNCc4ccccc4)[C@H](NC(=O)[C@H](CC)NC)C(=O)N31)c1ccccc1)CC[C@H]2C(=O)CCc1ccccc1. The Morgan fingerprint density at radius 2 is 1.11 bits per heavy atom. The molecule has 4 saturated heterocycles. The lowest BCUT2D eigenvalue weighted by Crippen LogP contribution is -2.59. The average molecular weight is 1190 g/mol. The molecule has 4 aliphatic rings. The Labute approximate surface area is 514 Å². The molecule has 0 aliphatic carbocycles. The van der Waals surface area contributed by atoms with E-state index in [0.717, 1.165) is 17.5 Å². The first kappa shape index (κ1) is 67.0. The number of nitrogens with one attached hydrogen (secondary N) is 7. The van der Waals surface area contributed by atoms with Crippen molar-refractivity contribution in [2.24, 2.45) is 11.8 Å². The Morgan fingerprint density at radius 3 is 1.71 bits per heavy atom. The van der Waals surface area contributed by atoms with E-state index in [4.69, 9.17) is 0 Å². The monoisotopic (exact) mass is 1190 g/mol. The summed E-state index contributed by atoms with van der Waals surface area (Å²) in [5, 5.41) is 21.5. The minimum atomic E-state index is -0.984. The summed E-state index contributed by atoms with van der Waals surface area (Å²) in [6.07, 6.45) is 8.92. The Kier molecular flexibility index (Phi) is 26.7. The fourth-order valence-electron chi connectivity index (χ4n) is 13.0. The minimum absolute atomic E-state index is 0.00759. The van der Waals surface area contributed by atoms with E-state index < -0.39 is 48.2 Å². The van der Waals surface area contributed by atoms with Gasteiger partial charge in [0.15, 0.2) is 11.6 Å². The highest BCUT2D eigenvalue weighted by atomic mass is 16.2. The van der Waals surface area contributed by atoms with Gasteiger partial charge < -0.3 is 47.0 Å². The van der Waals surface area contributed by atoms with Gasteiger partial charge in [0.2, 0.25) is 35.4 Å². The Bertz CT molecular complexity index is 2930. The van der Waals surface area contributed by atoms with Crippen LogP contribution < -0.4 is 37.2 Å². The molecule has 6 amide bonds. The molecule has 0 radical (unpaired) electrons. The standard InChI is InChI=1S/C69H91N9O9/c1-5-55(70-3)65(83)75-63-50(33-36-52-38-41-57(77(52)68(63)86)59(80)43-32-47-23-14-11-15-24-47)35-40-54(79)29-20-9-7-8-10-21-31-61(82)73-44-22-30-60(81)62(49-27-18-13-19-28-49)74-67(85)58-42-39-53-37-34-51(46-72-45-48-25-16-12-17-26-48)64(69(87)78(53)58)76-66(84)56(6-2)71-4/h11-19,23-28,50-53,55-58,62-64,70-72H,5-6,20-22,29-46H2,1-4H3,(H,73,82)(H,74,85)(H,75,83)(H,76,84)/t50-,51-,52+,53+,55+,56+,57+,58+,62+,63+,64+/m1/s1. The number of likely N-dealkylation sites (N-methyl/N-ethyl adjacent to an activating group) is 2. The van der Waals surface area contributed by atoms with Crippen molar-refractivity contribution in [1.82, 2.24) is 47.0 Å². The van der Waals surface area contributed by atoms with E-state index >= 15 is 0 Å². The number of hydrogen-bond acceptors (Lipinski definition) is 12. The van der Waals surface area contributed by atoms with Crippen molar-refractivity contribution >= 4 is 52.8 Å². The van der Waals surface area contributed by atoms with E-state index in [1.807, 2.05) is 80.6 Å². The van der Waals surface area contributed by atoms with E-state index in [9.17, 15) is 43.2 Å². The second-order valence-electron chi connectivity index (χ2n) is 23.7. The number of carbonyl (C=O) groups excluding carboxylic acids is 9. The average Bonchev–Trinajstić information content (AvgIpc) is 2.53. The minimum Gasteiger partial charge on any atom is -0.356 e. The van der Waals surface area contributed by atoms with Crippen LogP contribution in [-0.2, 0) is 56.1 Å². The van der Waals surface area contributed by atoms with Crippen molar-refractivity contribution in [3.8, 4) is 23.7 Å². The summed E-state index contributed by atoms with van der Waals surface area (Å²) in [4.78, 5) is 128. The molecule has 0 bridgehead atoms. The van der Waals surface area contributed by atoms with E-state index in [2.05, 4.69) is 60.9 Å². The molecular formula is C69H91N9O9. The van der Waals surface area contributed by atoms with Gasteiger partial charge in [-0.15, -0.1) is 0 Å². The highest BCUT2D eigenvalue weighted by molar-refractivity contribution is 5.97. The Morgan fingerprint density at radius 1 is 0.586 bits per heavy atom. The highest BCUT2D eigenvalue weighted by Gasteiger charge is 2.49. The fraction of sp³-hybridized carbons (Fsp3) is 0.551. The number of rotatable bonds is 31. The number of fused-ring (bicyclic) bond motifs is 2. The topological polar surface area (TPSA) is 244 Å². The van der Waals surface area contributed by atoms with Gasteiger partial charge in [-0.05, 0) is 132 Å². The molecule has 11 atom stereocenters. The Hall–Kier alpha value is -7.51. The molecule has 7 rings (SSSR count). The smallest absolute Gasteiger partial charge is 0.246 e. The molecule has 87 heavy (non-hydrogen) atoms. The second-order valence-corrected chi connectivity index (χ2v) is 23.7. The first-order chi connectivity index (χ1) is 42.2. The van der Waals surface area contributed by atoms with Crippen molar-refractivity contribution in [1.29, 1.82) is 0 Å². The summed E-state index contributed by atoms with van der Waals surface area (Å²) in [6, 6.07) is 23.5.